The summed E-state index contributed by atoms with van der Waals surface area (Å²) in [7, 11) is 0. The van der Waals surface area contributed by atoms with E-state index in [9.17, 15) is 5.11 Å². The monoisotopic (exact) mass is 307 g/mol. The molecule has 2 aromatic rings. The molecule has 0 aliphatic heterocycles. The van der Waals surface area contributed by atoms with Crippen LogP contribution in [0.2, 0.25) is 5.02 Å². The largest absolute Gasteiger partial charge is 0.394 e. The Bertz CT molecular complexity index is 617. The van der Waals surface area contributed by atoms with Crippen molar-refractivity contribution in [3.05, 3.63) is 35.2 Å². The van der Waals surface area contributed by atoms with Crippen LogP contribution >= 0.6 is 11.6 Å². The second-order valence-corrected chi connectivity index (χ2v) is 6.76. The molecule has 3 rings (SSSR count). The number of aromatic nitrogens is 2. The van der Waals surface area contributed by atoms with E-state index >= 15 is 0 Å². The van der Waals surface area contributed by atoms with Crippen LogP contribution in [0.5, 0.6) is 0 Å². The minimum absolute atomic E-state index is 0.139. The van der Waals surface area contributed by atoms with Crippen LogP contribution in [-0.4, -0.2) is 26.6 Å². The fourth-order valence-corrected chi connectivity index (χ4v) is 3.25. The Morgan fingerprint density at radius 3 is 2.86 bits per heavy atom. The Morgan fingerprint density at radius 2 is 2.14 bits per heavy atom. The first-order valence-corrected chi connectivity index (χ1v) is 7.97. The van der Waals surface area contributed by atoms with E-state index < -0.39 is 0 Å². The maximum atomic E-state index is 9.78. The van der Waals surface area contributed by atoms with Crippen molar-refractivity contribution in [2.45, 2.75) is 44.7 Å². The Kier molecular flexibility index (Phi) is 4.20. The summed E-state index contributed by atoms with van der Waals surface area (Å²) < 4.78 is 1.94. The molecule has 0 bridgehead atoms. The molecule has 1 aliphatic carbocycles. The zero-order chi connectivity index (χ0) is 14.9. The highest BCUT2D eigenvalue weighted by molar-refractivity contribution is 6.30. The molecule has 5 heteroatoms. The van der Waals surface area contributed by atoms with Gasteiger partial charge in [0.15, 0.2) is 0 Å². The number of aliphatic hydroxyl groups is 1. The summed E-state index contributed by atoms with van der Waals surface area (Å²) in [6.07, 6.45) is 8.26. The van der Waals surface area contributed by atoms with Crippen LogP contribution in [0.1, 0.15) is 38.3 Å². The second kappa shape index (κ2) is 5.95. The lowest BCUT2D eigenvalue weighted by Crippen LogP contribution is -2.50. The minimum atomic E-state index is -0.139. The first-order valence-electron chi connectivity index (χ1n) is 7.59. The molecule has 2 heterocycles. The fraction of sp³-hybridized carbons (Fsp3) is 0.562. The van der Waals surface area contributed by atoms with Crippen molar-refractivity contribution in [3.8, 4) is 0 Å². The molecular formula is C16H22ClN3O. The van der Waals surface area contributed by atoms with E-state index in [1.807, 2.05) is 28.9 Å². The Hall–Kier alpha value is -1.10. The van der Waals surface area contributed by atoms with Gasteiger partial charge in [0.25, 0.3) is 0 Å². The number of hydrogen-bond donors (Lipinski definition) is 2. The van der Waals surface area contributed by atoms with Crippen molar-refractivity contribution in [2.75, 3.05) is 6.61 Å². The van der Waals surface area contributed by atoms with Crippen molar-refractivity contribution in [1.82, 2.24) is 14.7 Å². The first-order chi connectivity index (χ1) is 10.1. The van der Waals surface area contributed by atoms with E-state index in [1.54, 1.807) is 0 Å². The van der Waals surface area contributed by atoms with E-state index in [0.29, 0.717) is 11.6 Å². The third kappa shape index (κ3) is 3.23. The molecule has 1 aliphatic rings. The second-order valence-electron chi connectivity index (χ2n) is 6.32. The van der Waals surface area contributed by atoms with Gasteiger partial charge in [0.2, 0.25) is 0 Å². The molecule has 0 atom stereocenters. The highest BCUT2D eigenvalue weighted by Gasteiger charge is 2.33. The van der Waals surface area contributed by atoms with Crippen LogP contribution < -0.4 is 5.32 Å². The Morgan fingerprint density at radius 1 is 1.38 bits per heavy atom. The molecule has 2 N–H and O–H groups in total. The van der Waals surface area contributed by atoms with Gasteiger partial charge < -0.3 is 14.8 Å². The zero-order valence-electron chi connectivity index (χ0n) is 12.3. The van der Waals surface area contributed by atoms with Crippen LogP contribution in [0, 0.1) is 5.92 Å². The summed E-state index contributed by atoms with van der Waals surface area (Å²) >= 11 is 5.99. The van der Waals surface area contributed by atoms with Gasteiger partial charge in [-0.05, 0) is 43.7 Å². The number of halogens is 1. The molecule has 0 spiro atoms. The predicted octanol–water partition coefficient (Wildman–Crippen LogP) is 3.02. The van der Waals surface area contributed by atoms with Gasteiger partial charge >= 0.3 is 0 Å². The summed E-state index contributed by atoms with van der Waals surface area (Å²) in [6, 6.07) is 3.76. The maximum Gasteiger partial charge on any atom is 0.137 e. The third-order valence-corrected chi connectivity index (χ3v) is 4.87. The quantitative estimate of drug-likeness (QED) is 0.913. The summed E-state index contributed by atoms with van der Waals surface area (Å²) in [5.74, 6) is 0.767. The van der Waals surface area contributed by atoms with Crippen molar-refractivity contribution >= 4 is 17.2 Å². The van der Waals surface area contributed by atoms with E-state index in [1.165, 1.54) is 12.8 Å². The van der Waals surface area contributed by atoms with E-state index in [4.69, 9.17) is 11.6 Å². The molecule has 1 fully saturated rings. The predicted molar refractivity (Wildman–Crippen MR) is 84.5 cm³/mol. The van der Waals surface area contributed by atoms with Gasteiger partial charge in [-0.25, -0.2) is 4.98 Å². The SMILES string of the molecule is CC1CCC(CO)(NCc2cn3cc(Cl)ccc3n2)CC1. The zero-order valence-corrected chi connectivity index (χ0v) is 13.1. The molecule has 4 nitrogen and oxygen atoms in total. The number of pyridine rings is 1. The number of imidazole rings is 1. The van der Waals surface area contributed by atoms with E-state index in [0.717, 1.165) is 30.1 Å². The molecule has 114 valence electrons. The topological polar surface area (TPSA) is 49.6 Å². The molecule has 0 unspecified atom stereocenters. The van der Waals surface area contributed by atoms with Crippen molar-refractivity contribution in [2.24, 2.45) is 5.92 Å². The summed E-state index contributed by atoms with van der Waals surface area (Å²) in [6.45, 7) is 3.15. The molecule has 21 heavy (non-hydrogen) atoms. The first kappa shape index (κ1) is 14.8. The van der Waals surface area contributed by atoms with Gasteiger partial charge in [-0.2, -0.15) is 0 Å². The van der Waals surface area contributed by atoms with E-state index in [-0.39, 0.29) is 12.1 Å². The standard InChI is InChI=1S/C16H22ClN3O/c1-12-4-6-16(11-21,7-5-12)18-8-14-10-20-9-13(17)2-3-15(20)19-14/h2-3,9-10,12,18,21H,4-8,11H2,1H3. The fourth-order valence-electron chi connectivity index (χ4n) is 3.09. The highest BCUT2D eigenvalue weighted by atomic mass is 35.5. The number of aliphatic hydroxyl groups excluding tert-OH is 1. The molecule has 2 aromatic heterocycles. The minimum Gasteiger partial charge on any atom is -0.394 e. The van der Waals surface area contributed by atoms with Crippen LogP contribution in [0.3, 0.4) is 0 Å². The summed E-state index contributed by atoms with van der Waals surface area (Å²) in [5, 5.41) is 14.0. The molecular weight excluding hydrogens is 286 g/mol. The van der Waals surface area contributed by atoms with Crippen LogP contribution in [0.25, 0.3) is 5.65 Å². The summed E-state index contributed by atoms with van der Waals surface area (Å²) in [5.41, 5.74) is 1.73. The smallest absolute Gasteiger partial charge is 0.137 e. The van der Waals surface area contributed by atoms with Crippen molar-refractivity contribution in [3.63, 3.8) is 0 Å². The van der Waals surface area contributed by atoms with E-state index in [2.05, 4.69) is 17.2 Å². The van der Waals surface area contributed by atoms with Crippen molar-refractivity contribution in [1.29, 1.82) is 0 Å². The van der Waals surface area contributed by atoms with Crippen molar-refractivity contribution < 1.29 is 5.11 Å². The normalized spacial score (nSPS) is 26.3. The summed E-state index contributed by atoms with van der Waals surface area (Å²) in [4.78, 5) is 4.58. The van der Waals surface area contributed by atoms with Gasteiger partial charge in [-0.3, -0.25) is 0 Å². The number of nitrogens with zero attached hydrogens (tertiary/aromatic N) is 2. The molecule has 0 radical (unpaired) electrons. The number of nitrogens with one attached hydrogen (secondary N) is 1. The maximum absolute atomic E-state index is 9.78. The van der Waals surface area contributed by atoms with Gasteiger partial charge in [0.1, 0.15) is 5.65 Å². The van der Waals surface area contributed by atoms with Crippen LogP contribution in [-0.2, 0) is 6.54 Å². The Labute approximate surface area is 130 Å². The highest BCUT2D eigenvalue weighted by Crippen LogP contribution is 2.31. The van der Waals surface area contributed by atoms with Gasteiger partial charge in [-0.15, -0.1) is 0 Å². The molecule has 1 saturated carbocycles. The van der Waals surface area contributed by atoms with Crippen LogP contribution in [0.4, 0.5) is 0 Å². The third-order valence-electron chi connectivity index (χ3n) is 4.64. The lowest BCUT2D eigenvalue weighted by atomic mass is 9.77. The van der Waals surface area contributed by atoms with Gasteiger partial charge in [0, 0.05) is 24.5 Å². The molecule has 0 aromatic carbocycles. The van der Waals surface area contributed by atoms with Gasteiger partial charge in [-0.1, -0.05) is 18.5 Å². The lowest BCUT2D eigenvalue weighted by molar-refractivity contribution is 0.104. The number of hydrogen-bond acceptors (Lipinski definition) is 3. The Balaban J connectivity index is 1.70. The molecule has 0 amide bonds. The molecule has 0 saturated heterocycles. The van der Waals surface area contributed by atoms with Gasteiger partial charge in [0.05, 0.1) is 17.3 Å². The lowest BCUT2D eigenvalue weighted by Gasteiger charge is -2.38. The number of fused-ring (bicyclic) bond motifs is 1. The van der Waals surface area contributed by atoms with Crippen LogP contribution in [0.15, 0.2) is 24.5 Å². The number of rotatable bonds is 4. The average Bonchev–Trinajstić information content (AvgIpc) is 2.89. The average molecular weight is 308 g/mol.